The van der Waals surface area contributed by atoms with E-state index < -0.39 is 8.07 Å². The largest absolute Gasteiger partial charge is 0.308 e. The third kappa shape index (κ3) is 5.08. The molecule has 0 saturated carbocycles. The zero-order valence-electron chi connectivity index (χ0n) is 14.5. The summed E-state index contributed by atoms with van der Waals surface area (Å²) < 4.78 is 0. The van der Waals surface area contributed by atoms with Crippen molar-refractivity contribution in [1.29, 1.82) is 5.41 Å². The molecule has 0 amide bonds. The first kappa shape index (κ1) is 18.8. The van der Waals surface area contributed by atoms with Gasteiger partial charge in [-0.3, -0.25) is 0 Å². The van der Waals surface area contributed by atoms with Gasteiger partial charge in [-0.2, -0.15) is 0 Å². The van der Waals surface area contributed by atoms with E-state index in [1.165, 1.54) is 17.0 Å². The lowest BCUT2D eigenvalue weighted by Crippen LogP contribution is -2.24. The molecule has 0 fully saturated rings. The molecule has 2 heteroatoms. The Morgan fingerprint density at radius 1 is 1.10 bits per heavy atom. The van der Waals surface area contributed by atoms with Crippen LogP contribution in [-0.2, 0) is 0 Å². The van der Waals surface area contributed by atoms with E-state index in [1.807, 2.05) is 13.0 Å². The minimum atomic E-state index is -1.30. The average Bonchev–Trinajstić information content (AvgIpc) is 2.33. The molecule has 0 rings (SSSR count). The van der Waals surface area contributed by atoms with Crippen LogP contribution in [0.1, 0.15) is 34.6 Å². The first-order valence-electron chi connectivity index (χ1n) is 7.20. The second-order valence-corrected chi connectivity index (χ2v) is 12.1. The Kier molecular flexibility index (Phi) is 6.62. The minimum absolute atomic E-state index is 0.0851. The SMILES string of the molecule is C=C(/C=C(\C)C=N)C(C)(C)/C(C)=C/C(=C\C)[Si](C)(C)C. The van der Waals surface area contributed by atoms with E-state index in [4.69, 9.17) is 5.41 Å². The molecule has 0 atom stereocenters. The van der Waals surface area contributed by atoms with Crippen LogP contribution in [0.4, 0.5) is 0 Å². The summed E-state index contributed by atoms with van der Waals surface area (Å²) in [5.41, 5.74) is 3.23. The van der Waals surface area contributed by atoms with Gasteiger partial charge in [0.05, 0.1) is 8.07 Å². The highest BCUT2D eigenvalue weighted by Crippen LogP contribution is 2.36. The van der Waals surface area contributed by atoms with Crippen molar-refractivity contribution in [3.8, 4) is 0 Å². The van der Waals surface area contributed by atoms with Gasteiger partial charge in [0.2, 0.25) is 0 Å². The lowest BCUT2D eigenvalue weighted by molar-refractivity contribution is 0.553. The van der Waals surface area contributed by atoms with Gasteiger partial charge in [-0.15, -0.1) is 0 Å². The molecule has 0 aliphatic rings. The van der Waals surface area contributed by atoms with Crippen LogP contribution < -0.4 is 0 Å². The summed E-state index contributed by atoms with van der Waals surface area (Å²) >= 11 is 0. The molecule has 0 spiro atoms. The van der Waals surface area contributed by atoms with Gasteiger partial charge in [0.15, 0.2) is 0 Å². The number of hydrogen-bond donors (Lipinski definition) is 1. The van der Waals surface area contributed by atoms with Crippen LogP contribution in [0.2, 0.25) is 19.6 Å². The molecule has 112 valence electrons. The maximum atomic E-state index is 7.29. The Morgan fingerprint density at radius 3 is 1.95 bits per heavy atom. The Balaban J connectivity index is 5.52. The summed E-state index contributed by atoms with van der Waals surface area (Å²) in [5.74, 6) is 0. The topological polar surface area (TPSA) is 23.9 Å². The lowest BCUT2D eigenvalue weighted by Gasteiger charge is -2.29. The van der Waals surface area contributed by atoms with Crippen molar-refractivity contribution in [3.05, 3.63) is 46.7 Å². The highest BCUT2D eigenvalue weighted by molar-refractivity contribution is 6.83. The first-order valence-corrected chi connectivity index (χ1v) is 10.7. The fourth-order valence-corrected chi connectivity index (χ4v) is 3.41. The molecule has 0 aliphatic carbocycles. The predicted molar refractivity (Wildman–Crippen MR) is 96.3 cm³/mol. The molecule has 0 aromatic carbocycles. The van der Waals surface area contributed by atoms with Crippen LogP contribution >= 0.6 is 0 Å². The van der Waals surface area contributed by atoms with Crippen LogP contribution in [-0.4, -0.2) is 14.3 Å². The van der Waals surface area contributed by atoms with Gasteiger partial charge in [0.1, 0.15) is 0 Å². The molecule has 1 N–H and O–H groups in total. The number of hydrogen-bond acceptors (Lipinski definition) is 1. The summed E-state index contributed by atoms with van der Waals surface area (Å²) in [5, 5.41) is 8.76. The first-order chi connectivity index (χ1) is 8.96. The van der Waals surface area contributed by atoms with Crippen molar-refractivity contribution in [1.82, 2.24) is 0 Å². The van der Waals surface area contributed by atoms with Gasteiger partial charge in [0.25, 0.3) is 0 Å². The zero-order valence-corrected chi connectivity index (χ0v) is 15.5. The highest BCUT2D eigenvalue weighted by atomic mass is 28.3. The lowest BCUT2D eigenvalue weighted by atomic mass is 9.77. The number of allylic oxidation sites excluding steroid dienone is 7. The van der Waals surface area contributed by atoms with Crippen LogP contribution in [0.3, 0.4) is 0 Å². The van der Waals surface area contributed by atoms with Crippen molar-refractivity contribution in [2.75, 3.05) is 0 Å². The summed E-state index contributed by atoms with van der Waals surface area (Å²) in [4.78, 5) is 0. The number of nitrogens with one attached hydrogen (secondary N) is 1. The van der Waals surface area contributed by atoms with E-state index in [2.05, 4.69) is 66.1 Å². The third-order valence-corrected chi connectivity index (χ3v) is 6.13. The zero-order chi connectivity index (χ0) is 16.1. The van der Waals surface area contributed by atoms with E-state index in [1.54, 1.807) is 0 Å². The highest BCUT2D eigenvalue weighted by Gasteiger charge is 2.25. The van der Waals surface area contributed by atoms with Gasteiger partial charge in [-0.25, -0.2) is 0 Å². The molecule has 0 aromatic rings. The molecule has 0 unspecified atom stereocenters. The molecule has 0 radical (unpaired) electrons. The van der Waals surface area contributed by atoms with E-state index in [0.717, 1.165) is 11.1 Å². The quantitative estimate of drug-likeness (QED) is 0.356. The molecule has 1 nitrogen and oxygen atoms in total. The van der Waals surface area contributed by atoms with Gasteiger partial charge in [-0.05, 0) is 31.9 Å². The Labute approximate surface area is 126 Å². The van der Waals surface area contributed by atoms with Gasteiger partial charge >= 0.3 is 0 Å². The second-order valence-electron chi connectivity index (χ2n) is 7.00. The van der Waals surface area contributed by atoms with E-state index >= 15 is 0 Å². The van der Waals surface area contributed by atoms with E-state index in [9.17, 15) is 0 Å². The molecule has 20 heavy (non-hydrogen) atoms. The molecule has 0 aromatic heterocycles. The van der Waals surface area contributed by atoms with Crippen LogP contribution in [0.25, 0.3) is 0 Å². The van der Waals surface area contributed by atoms with Crippen LogP contribution in [0.5, 0.6) is 0 Å². The Morgan fingerprint density at radius 2 is 1.60 bits per heavy atom. The molecule has 0 bridgehead atoms. The Bertz CT molecular complexity index is 468. The van der Waals surface area contributed by atoms with Crippen molar-refractivity contribution in [2.24, 2.45) is 5.41 Å². The van der Waals surface area contributed by atoms with Crippen LogP contribution in [0, 0.1) is 10.8 Å². The third-order valence-electron chi connectivity index (χ3n) is 3.97. The monoisotopic (exact) mass is 289 g/mol. The van der Waals surface area contributed by atoms with Crippen LogP contribution in [0.15, 0.2) is 46.7 Å². The molecular formula is C18H31NSi. The molecule has 0 saturated heterocycles. The van der Waals surface area contributed by atoms with Crippen molar-refractivity contribution in [2.45, 2.75) is 54.3 Å². The predicted octanol–water partition coefficient (Wildman–Crippen LogP) is 5.93. The normalized spacial score (nSPS) is 15.3. The van der Waals surface area contributed by atoms with E-state index in [0.29, 0.717) is 0 Å². The average molecular weight is 290 g/mol. The fourth-order valence-electron chi connectivity index (χ4n) is 1.90. The summed E-state index contributed by atoms with van der Waals surface area (Å²) in [7, 11) is -1.30. The second kappa shape index (κ2) is 7.03. The van der Waals surface area contributed by atoms with E-state index in [-0.39, 0.29) is 5.41 Å². The van der Waals surface area contributed by atoms with Crippen molar-refractivity contribution in [3.63, 3.8) is 0 Å². The molecular weight excluding hydrogens is 258 g/mol. The smallest absolute Gasteiger partial charge is 0.0771 e. The summed E-state index contributed by atoms with van der Waals surface area (Å²) in [6.07, 6.45) is 7.96. The van der Waals surface area contributed by atoms with Gasteiger partial charge in [0, 0.05) is 11.6 Å². The fraction of sp³-hybridized carbons (Fsp3) is 0.500. The number of rotatable bonds is 6. The Hall–Kier alpha value is -1.15. The summed E-state index contributed by atoms with van der Waals surface area (Å²) in [6, 6.07) is 0. The molecule has 0 aliphatic heterocycles. The van der Waals surface area contributed by atoms with Gasteiger partial charge < -0.3 is 5.41 Å². The summed E-state index contributed by atoms with van der Waals surface area (Å²) in [6.45, 7) is 22.0. The standard InChI is InChI=1S/C18H31NSi/c1-10-17(20(7,8)9)12-16(4)18(5,6)15(3)11-14(2)13-19/h10-13,19H,3H2,1-2,4-9H3/b14-11+,16-12+,17-10+,19-13?. The van der Waals surface area contributed by atoms with Gasteiger partial charge in [-0.1, -0.05) is 69.1 Å². The minimum Gasteiger partial charge on any atom is -0.308 e. The van der Waals surface area contributed by atoms with Crippen molar-refractivity contribution >= 4 is 14.3 Å². The maximum Gasteiger partial charge on any atom is 0.0771 e. The molecule has 0 heterocycles. The maximum absolute atomic E-state index is 7.29. The van der Waals surface area contributed by atoms with Crippen molar-refractivity contribution < 1.29 is 0 Å².